The molecule has 118 valence electrons. The van der Waals surface area contributed by atoms with Crippen LogP contribution in [0.2, 0.25) is 0 Å². The van der Waals surface area contributed by atoms with Gasteiger partial charge in [0, 0.05) is 12.7 Å². The van der Waals surface area contributed by atoms with Crippen molar-refractivity contribution in [3.63, 3.8) is 0 Å². The lowest BCUT2D eigenvalue weighted by Crippen LogP contribution is -2.32. The maximum atomic E-state index is 6.30. The van der Waals surface area contributed by atoms with Gasteiger partial charge in [-0.2, -0.15) is 0 Å². The third kappa shape index (κ3) is 3.73. The van der Waals surface area contributed by atoms with Crippen LogP contribution < -0.4 is 0 Å². The fraction of sp³-hybridized carbons (Fsp3) is 0.421. The molecule has 0 fully saturated rings. The first-order valence-electron chi connectivity index (χ1n) is 7.71. The van der Waals surface area contributed by atoms with E-state index in [2.05, 4.69) is 62.9 Å². The predicted molar refractivity (Wildman–Crippen MR) is 91.1 cm³/mol. The van der Waals surface area contributed by atoms with Gasteiger partial charge >= 0.3 is 0 Å². The summed E-state index contributed by atoms with van der Waals surface area (Å²) in [5, 5.41) is 0. The van der Waals surface area contributed by atoms with Crippen molar-refractivity contribution in [2.75, 3.05) is 27.2 Å². The predicted octanol–water partition coefficient (Wildman–Crippen LogP) is 3.54. The van der Waals surface area contributed by atoms with Crippen molar-refractivity contribution in [2.24, 2.45) is 0 Å². The molecule has 0 spiro atoms. The van der Waals surface area contributed by atoms with Crippen LogP contribution in [0.1, 0.15) is 29.3 Å². The molecular formula is C19H26N2O. The lowest BCUT2D eigenvalue weighted by atomic mass is 9.89. The summed E-state index contributed by atoms with van der Waals surface area (Å²) in [6, 6.07) is 12.5. The van der Waals surface area contributed by atoms with Gasteiger partial charge in [0.15, 0.2) is 0 Å². The van der Waals surface area contributed by atoms with Crippen LogP contribution >= 0.6 is 0 Å². The smallest absolute Gasteiger partial charge is 0.132 e. The second-order valence-corrected chi connectivity index (χ2v) is 6.20. The average molecular weight is 298 g/mol. The van der Waals surface area contributed by atoms with Gasteiger partial charge in [0.25, 0.3) is 0 Å². The zero-order valence-electron chi connectivity index (χ0n) is 14.3. The SMILES string of the molecule is Cc1ccc(C(C)(OCCN(C)C)c2ccccn2)cc1C. The molecule has 0 saturated carbocycles. The lowest BCUT2D eigenvalue weighted by molar-refractivity contribution is -0.0131. The van der Waals surface area contributed by atoms with Crippen LogP contribution in [0.5, 0.6) is 0 Å². The van der Waals surface area contributed by atoms with Crippen LogP contribution in [0, 0.1) is 13.8 Å². The van der Waals surface area contributed by atoms with Crippen LogP contribution in [0.3, 0.4) is 0 Å². The zero-order valence-corrected chi connectivity index (χ0v) is 14.3. The minimum Gasteiger partial charge on any atom is -0.363 e. The van der Waals surface area contributed by atoms with Gasteiger partial charge in [0.2, 0.25) is 0 Å². The van der Waals surface area contributed by atoms with E-state index in [0.29, 0.717) is 6.61 Å². The number of rotatable bonds is 6. The summed E-state index contributed by atoms with van der Waals surface area (Å²) in [4.78, 5) is 6.66. The summed E-state index contributed by atoms with van der Waals surface area (Å²) in [6.07, 6.45) is 1.82. The number of benzene rings is 1. The van der Waals surface area contributed by atoms with Crippen molar-refractivity contribution in [3.8, 4) is 0 Å². The molecule has 0 aliphatic rings. The first kappa shape index (κ1) is 16.7. The summed E-state index contributed by atoms with van der Waals surface area (Å²) >= 11 is 0. The number of hydrogen-bond acceptors (Lipinski definition) is 3. The fourth-order valence-corrected chi connectivity index (χ4v) is 2.42. The Balaban J connectivity index is 2.38. The number of aromatic nitrogens is 1. The highest BCUT2D eigenvalue weighted by atomic mass is 16.5. The molecule has 0 aliphatic carbocycles. The number of nitrogens with zero attached hydrogens (tertiary/aromatic N) is 2. The molecule has 2 rings (SSSR count). The molecule has 1 aromatic carbocycles. The third-order valence-electron chi connectivity index (χ3n) is 4.14. The van der Waals surface area contributed by atoms with Gasteiger partial charge in [0.05, 0.1) is 12.3 Å². The minimum atomic E-state index is -0.532. The number of ether oxygens (including phenoxy) is 1. The van der Waals surface area contributed by atoms with E-state index in [1.54, 1.807) is 0 Å². The summed E-state index contributed by atoms with van der Waals surface area (Å²) in [6.45, 7) is 7.91. The molecule has 0 N–H and O–H groups in total. The maximum absolute atomic E-state index is 6.30. The van der Waals surface area contributed by atoms with Crippen molar-refractivity contribution in [1.82, 2.24) is 9.88 Å². The van der Waals surface area contributed by atoms with E-state index >= 15 is 0 Å². The van der Waals surface area contributed by atoms with Gasteiger partial charge in [0.1, 0.15) is 5.60 Å². The van der Waals surface area contributed by atoms with Gasteiger partial charge < -0.3 is 9.64 Å². The Morgan fingerprint density at radius 2 is 1.86 bits per heavy atom. The molecule has 2 aromatic rings. The highest BCUT2D eigenvalue weighted by Gasteiger charge is 2.31. The van der Waals surface area contributed by atoms with Gasteiger partial charge in [-0.05, 0) is 63.7 Å². The lowest BCUT2D eigenvalue weighted by Gasteiger charge is -2.31. The minimum absolute atomic E-state index is 0.532. The molecule has 0 bridgehead atoms. The van der Waals surface area contributed by atoms with Gasteiger partial charge in [-0.15, -0.1) is 0 Å². The molecule has 1 aromatic heterocycles. The van der Waals surface area contributed by atoms with E-state index < -0.39 is 5.60 Å². The number of likely N-dealkylation sites (N-methyl/N-ethyl adjacent to an activating group) is 1. The van der Waals surface area contributed by atoms with Crippen molar-refractivity contribution >= 4 is 0 Å². The van der Waals surface area contributed by atoms with Crippen LogP contribution in [0.25, 0.3) is 0 Å². The monoisotopic (exact) mass is 298 g/mol. The van der Waals surface area contributed by atoms with Gasteiger partial charge in [-0.1, -0.05) is 24.3 Å². The van der Waals surface area contributed by atoms with E-state index in [0.717, 1.165) is 17.8 Å². The quantitative estimate of drug-likeness (QED) is 0.815. The molecule has 22 heavy (non-hydrogen) atoms. The Labute approximate surface area is 134 Å². The standard InChI is InChI=1S/C19H26N2O/c1-15-9-10-17(14-16(15)2)19(3,22-13-12-21(4)5)18-8-6-7-11-20-18/h6-11,14H,12-13H2,1-5H3. The summed E-state index contributed by atoms with van der Waals surface area (Å²) in [5.74, 6) is 0. The first-order chi connectivity index (χ1) is 10.4. The molecule has 3 nitrogen and oxygen atoms in total. The fourth-order valence-electron chi connectivity index (χ4n) is 2.42. The molecule has 0 saturated heterocycles. The third-order valence-corrected chi connectivity index (χ3v) is 4.14. The largest absolute Gasteiger partial charge is 0.363 e. The molecule has 0 radical (unpaired) electrons. The summed E-state index contributed by atoms with van der Waals surface area (Å²) in [7, 11) is 4.11. The van der Waals surface area contributed by atoms with Gasteiger partial charge in [-0.25, -0.2) is 0 Å². The molecule has 3 heteroatoms. The van der Waals surface area contributed by atoms with Crippen molar-refractivity contribution in [2.45, 2.75) is 26.4 Å². The summed E-state index contributed by atoms with van der Waals surface area (Å²) in [5.41, 5.74) is 4.12. The van der Waals surface area contributed by atoms with E-state index in [1.165, 1.54) is 11.1 Å². The Morgan fingerprint density at radius 3 is 2.45 bits per heavy atom. The Kier molecular flexibility index (Phi) is 5.33. The molecule has 0 aliphatic heterocycles. The first-order valence-corrected chi connectivity index (χ1v) is 7.71. The number of pyridine rings is 1. The van der Waals surface area contributed by atoms with Gasteiger partial charge in [-0.3, -0.25) is 4.98 Å². The molecule has 1 heterocycles. The van der Waals surface area contributed by atoms with Crippen LogP contribution in [-0.2, 0) is 10.3 Å². The maximum Gasteiger partial charge on any atom is 0.132 e. The Bertz CT molecular complexity index is 610. The Morgan fingerprint density at radius 1 is 1.09 bits per heavy atom. The topological polar surface area (TPSA) is 25.4 Å². The van der Waals surface area contributed by atoms with Crippen molar-refractivity contribution in [1.29, 1.82) is 0 Å². The van der Waals surface area contributed by atoms with Crippen LogP contribution in [0.4, 0.5) is 0 Å². The highest BCUT2D eigenvalue weighted by molar-refractivity contribution is 5.37. The Hall–Kier alpha value is -1.71. The second-order valence-electron chi connectivity index (χ2n) is 6.20. The highest BCUT2D eigenvalue weighted by Crippen LogP contribution is 2.33. The second kappa shape index (κ2) is 7.03. The van der Waals surface area contributed by atoms with Crippen LogP contribution in [0.15, 0.2) is 42.6 Å². The molecule has 0 amide bonds. The van der Waals surface area contributed by atoms with E-state index in [9.17, 15) is 0 Å². The average Bonchev–Trinajstić information content (AvgIpc) is 2.50. The molecular weight excluding hydrogens is 272 g/mol. The van der Waals surface area contributed by atoms with Crippen molar-refractivity contribution in [3.05, 3.63) is 65.0 Å². The summed E-state index contributed by atoms with van der Waals surface area (Å²) < 4.78 is 6.30. The van der Waals surface area contributed by atoms with Crippen LogP contribution in [-0.4, -0.2) is 37.1 Å². The number of hydrogen-bond donors (Lipinski definition) is 0. The normalized spacial score (nSPS) is 14.1. The van der Waals surface area contributed by atoms with E-state index in [-0.39, 0.29) is 0 Å². The molecule has 1 atom stereocenters. The van der Waals surface area contributed by atoms with E-state index in [4.69, 9.17) is 4.74 Å². The van der Waals surface area contributed by atoms with E-state index in [1.807, 2.05) is 24.4 Å². The zero-order chi connectivity index (χ0) is 16.2. The molecule has 1 unspecified atom stereocenters. The number of aryl methyl sites for hydroxylation is 2. The van der Waals surface area contributed by atoms with Crippen molar-refractivity contribution < 1.29 is 4.74 Å².